The van der Waals surface area contributed by atoms with Gasteiger partial charge in [0.25, 0.3) is 0 Å². The molecule has 0 saturated heterocycles. The van der Waals surface area contributed by atoms with Crippen molar-refractivity contribution in [1.82, 2.24) is 0 Å². The Kier molecular flexibility index (Phi) is 6.29. The molecule has 0 saturated carbocycles. The average molecular weight is 150 g/mol. The molecule has 0 fully saturated rings. The molecule has 0 amide bonds. The van der Waals surface area contributed by atoms with E-state index in [1.165, 1.54) is 0 Å². The van der Waals surface area contributed by atoms with Crippen molar-refractivity contribution in [3.05, 3.63) is 0 Å². The maximum atomic E-state index is 8.39. The zero-order valence-corrected chi connectivity index (χ0v) is 6.86. The SMILES string of the molecule is C[SiH](CCCO)OCO. The fraction of sp³-hybridized carbons (Fsp3) is 1.00. The van der Waals surface area contributed by atoms with E-state index in [1.807, 2.05) is 6.55 Å². The fourth-order valence-corrected chi connectivity index (χ4v) is 1.77. The first-order chi connectivity index (χ1) is 4.31. The summed E-state index contributed by atoms with van der Waals surface area (Å²) in [5, 5.41) is 16.7. The van der Waals surface area contributed by atoms with Crippen LogP contribution in [0.25, 0.3) is 0 Å². The van der Waals surface area contributed by atoms with Gasteiger partial charge in [0.15, 0.2) is 9.04 Å². The van der Waals surface area contributed by atoms with Gasteiger partial charge in [-0.1, -0.05) is 0 Å². The summed E-state index contributed by atoms with van der Waals surface area (Å²) in [6.45, 7) is 2.07. The molecule has 0 heterocycles. The van der Waals surface area contributed by atoms with E-state index in [1.54, 1.807) is 0 Å². The molecule has 9 heavy (non-hydrogen) atoms. The van der Waals surface area contributed by atoms with Crippen molar-refractivity contribution in [2.75, 3.05) is 13.4 Å². The summed E-state index contributed by atoms with van der Waals surface area (Å²) in [7, 11) is -1.13. The van der Waals surface area contributed by atoms with Crippen molar-refractivity contribution in [3.8, 4) is 0 Å². The largest absolute Gasteiger partial charge is 0.398 e. The highest BCUT2D eigenvalue weighted by atomic mass is 28.3. The topological polar surface area (TPSA) is 49.7 Å². The van der Waals surface area contributed by atoms with Gasteiger partial charge in [-0.05, 0) is 19.0 Å². The highest BCUT2D eigenvalue weighted by Crippen LogP contribution is 1.96. The van der Waals surface area contributed by atoms with Crippen molar-refractivity contribution in [1.29, 1.82) is 0 Å². The van der Waals surface area contributed by atoms with E-state index in [9.17, 15) is 0 Å². The molecule has 1 unspecified atom stereocenters. The Morgan fingerprint density at radius 3 is 2.56 bits per heavy atom. The summed E-state index contributed by atoms with van der Waals surface area (Å²) in [4.78, 5) is 0. The number of rotatable bonds is 5. The van der Waals surface area contributed by atoms with Crippen LogP contribution in [0.1, 0.15) is 6.42 Å². The second kappa shape index (κ2) is 6.22. The predicted octanol–water partition coefficient (Wildman–Crippen LogP) is -0.311. The van der Waals surface area contributed by atoms with Crippen LogP contribution in [0.15, 0.2) is 0 Å². The first kappa shape index (κ1) is 9.10. The molecule has 0 spiro atoms. The molecule has 4 heteroatoms. The van der Waals surface area contributed by atoms with Crippen LogP contribution in [-0.2, 0) is 4.43 Å². The third-order valence-electron chi connectivity index (χ3n) is 1.13. The van der Waals surface area contributed by atoms with E-state index in [4.69, 9.17) is 14.6 Å². The Morgan fingerprint density at radius 2 is 2.11 bits per heavy atom. The molecule has 1 atom stereocenters. The molecule has 0 rings (SSSR count). The lowest BCUT2D eigenvalue weighted by molar-refractivity contribution is 0.0968. The van der Waals surface area contributed by atoms with Crippen LogP contribution in [0, 0.1) is 0 Å². The van der Waals surface area contributed by atoms with E-state index in [0.29, 0.717) is 0 Å². The monoisotopic (exact) mass is 150 g/mol. The van der Waals surface area contributed by atoms with Crippen LogP contribution < -0.4 is 0 Å². The number of hydrogen-bond acceptors (Lipinski definition) is 3. The Balaban J connectivity index is 2.95. The van der Waals surface area contributed by atoms with Crippen LogP contribution >= 0.6 is 0 Å². The second-order valence-electron chi connectivity index (χ2n) is 1.97. The number of aliphatic hydroxyl groups excluding tert-OH is 2. The highest BCUT2D eigenvalue weighted by Gasteiger charge is 2.01. The molecule has 2 N–H and O–H groups in total. The standard InChI is InChI=1S/C5H14O3Si/c1-9(8-5-7)4-2-3-6/h6-7,9H,2-5H2,1H3. The lowest BCUT2D eigenvalue weighted by Gasteiger charge is -2.06. The quantitative estimate of drug-likeness (QED) is 0.417. The van der Waals surface area contributed by atoms with Crippen molar-refractivity contribution in [2.24, 2.45) is 0 Å². The molecule has 0 bridgehead atoms. The minimum Gasteiger partial charge on any atom is -0.398 e. The smallest absolute Gasteiger partial charge is 0.177 e. The van der Waals surface area contributed by atoms with E-state index >= 15 is 0 Å². The Labute approximate surface area is 57.0 Å². The van der Waals surface area contributed by atoms with Gasteiger partial charge in [0.05, 0.1) is 0 Å². The minimum atomic E-state index is -1.13. The lowest BCUT2D eigenvalue weighted by atomic mass is 10.5. The Hall–Kier alpha value is 0.0969. The number of hydrogen-bond donors (Lipinski definition) is 2. The third kappa shape index (κ3) is 5.98. The van der Waals surface area contributed by atoms with E-state index in [0.717, 1.165) is 12.5 Å². The molecule has 0 aliphatic heterocycles. The zero-order valence-electron chi connectivity index (χ0n) is 5.71. The summed E-state index contributed by atoms with van der Waals surface area (Å²) < 4.78 is 4.93. The van der Waals surface area contributed by atoms with Crippen LogP contribution in [0.5, 0.6) is 0 Å². The van der Waals surface area contributed by atoms with Gasteiger partial charge in [-0.25, -0.2) is 0 Å². The average Bonchev–Trinajstić information content (AvgIpc) is 1.85. The van der Waals surface area contributed by atoms with Gasteiger partial charge in [0.1, 0.15) is 6.79 Å². The van der Waals surface area contributed by atoms with Crippen LogP contribution in [-0.4, -0.2) is 32.7 Å². The lowest BCUT2D eigenvalue weighted by Crippen LogP contribution is -2.13. The zero-order chi connectivity index (χ0) is 7.11. The molecular weight excluding hydrogens is 136 g/mol. The van der Waals surface area contributed by atoms with Crippen molar-refractivity contribution in [3.63, 3.8) is 0 Å². The van der Waals surface area contributed by atoms with E-state index in [-0.39, 0.29) is 13.4 Å². The molecule has 0 aliphatic rings. The normalized spacial score (nSPS) is 13.7. The molecule has 3 nitrogen and oxygen atoms in total. The summed E-state index contributed by atoms with van der Waals surface area (Å²) in [5.74, 6) is 0. The van der Waals surface area contributed by atoms with Gasteiger partial charge in [-0.3, -0.25) is 0 Å². The van der Waals surface area contributed by atoms with Crippen molar-refractivity contribution >= 4 is 9.04 Å². The Bertz CT molecular complexity index is 60.2. The second-order valence-corrected chi connectivity index (χ2v) is 4.50. The predicted molar refractivity (Wildman–Crippen MR) is 37.7 cm³/mol. The highest BCUT2D eigenvalue weighted by molar-refractivity contribution is 6.50. The molecular formula is C5H14O3Si. The van der Waals surface area contributed by atoms with Crippen LogP contribution in [0.2, 0.25) is 12.6 Å². The van der Waals surface area contributed by atoms with Crippen LogP contribution in [0.4, 0.5) is 0 Å². The first-order valence-corrected chi connectivity index (χ1v) is 5.59. The van der Waals surface area contributed by atoms with Gasteiger partial charge >= 0.3 is 0 Å². The Morgan fingerprint density at radius 1 is 1.44 bits per heavy atom. The van der Waals surface area contributed by atoms with E-state index in [2.05, 4.69) is 0 Å². The molecule has 0 aromatic heterocycles. The van der Waals surface area contributed by atoms with Crippen molar-refractivity contribution in [2.45, 2.75) is 19.0 Å². The van der Waals surface area contributed by atoms with Gasteiger partial charge in [0.2, 0.25) is 0 Å². The maximum absolute atomic E-state index is 8.39. The molecule has 0 aromatic rings. The van der Waals surface area contributed by atoms with Gasteiger partial charge in [0, 0.05) is 6.61 Å². The maximum Gasteiger partial charge on any atom is 0.177 e. The fourth-order valence-electron chi connectivity index (χ4n) is 0.589. The summed E-state index contributed by atoms with van der Waals surface area (Å²) in [6, 6.07) is 0.942. The summed E-state index contributed by atoms with van der Waals surface area (Å²) in [5.41, 5.74) is 0. The molecule has 0 aromatic carbocycles. The molecule has 56 valence electrons. The van der Waals surface area contributed by atoms with Gasteiger partial charge < -0.3 is 14.6 Å². The summed E-state index contributed by atoms with van der Waals surface area (Å²) >= 11 is 0. The molecule has 0 radical (unpaired) electrons. The first-order valence-electron chi connectivity index (χ1n) is 3.14. The summed E-state index contributed by atoms with van der Waals surface area (Å²) in [6.07, 6.45) is 0.799. The minimum absolute atomic E-state index is 0.168. The van der Waals surface area contributed by atoms with Gasteiger partial charge in [-0.15, -0.1) is 0 Å². The third-order valence-corrected chi connectivity index (χ3v) is 3.07. The van der Waals surface area contributed by atoms with Crippen LogP contribution in [0.3, 0.4) is 0 Å². The van der Waals surface area contributed by atoms with E-state index < -0.39 is 9.04 Å². The molecule has 0 aliphatic carbocycles. The van der Waals surface area contributed by atoms with Gasteiger partial charge in [-0.2, -0.15) is 0 Å². The van der Waals surface area contributed by atoms with Crippen molar-refractivity contribution < 1.29 is 14.6 Å². The number of aliphatic hydroxyl groups is 2.